The van der Waals surface area contributed by atoms with Gasteiger partial charge in [0.25, 0.3) is 0 Å². The van der Waals surface area contributed by atoms with Gasteiger partial charge in [0.05, 0.1) is 18.2 Å². The first-order valence-electron chi connectivity index (χ1n) is 5.31. The summed E-state index contributed by atoms with van der Waals surface area (Å²) in [4.78, 5) is 2.29. The lowest BCUT2D eigenvalue weighted by molar-refractivity contribution is 0.290. The van der Waals surface area contributed by atoms with Crippen molar-refractivity contribution in [3.8, 4) is 6.07 Å². The van der Waals surface area contributed by atoms with Crippen LogP contribution in [0.25, 0.3) is 0 Å². The molecule has 1 heterocycles. The molecule has 0 aliphatic carbocycles. The average Bonchev–Trinajstić information content (AvgIpc) is 2.56. The molecule has 0 unspecified atom stereocenters. The number of aromatic nitrogens is 2. The predicted molar refractivity (Wildman–Crippen MR) is 59.2 cm³/mol. The molecule has 0 atom stereocenters. The third kappa shape index (κ3) is 3.07. The van der Waals surface area contributed by atoms with Gasteiger partial charge in [0.1, 0.15) is 0 Å². The molecule has 4 nitrogen and oxygen atoms in total. The van der Waals surface area contributed by atoms with Gasteiger partial charge >= 0.3 is 0 Å². The van der Waals surface area contributed by atoms with Crippen molar-refractivity contribution >= 4 is 0 Å². The van der Waals surface area contributed by atoms with E-state index in [1.54, 1.807) is 4.68 Å². The Labute approximate surface area is 91.1 Å². The van der Waals surface area contributed by atoms with Crippen LogP contribution in [0.1, 0.15) is 25.1 Å². The fraction of sp³-hybridized carbons (Fsp3) is 0.636. The first kappa shape index (κ1) is 11.7. The molecule has 1 aromatic heterocycles. The summed E-state index contributed by atoms with van der Waals surface area (Å²) in [6.07, 6.45) is 2.38. The quantitative estimate of drug-likeness (QED) is 0.730. The van der Waals surface area contributed by atoms with E-state index in [1.165, 1.54) is 0 Å². The van der Waals surface area contributed by atoms with Gasteiger partial charge in [0.2, 0.25) is 0 Å². The van der Waals surface area contributed by atoms with Crippen LogP contribution in [0.2, 0.25) is 0 Å². The summed E-state index contributed by atoms with van der Waals surface area (Å²) in [7, 11) is 1.90. The van der Waals surface area contributed by atoms with Crippen molar-refractivity contribution in [1.82, 2.24) is 14.7 Å². The zero-order chi connectivity index (χ0) is 11.3. The van der Waals surface area contributed by atoms with Crippen molar-refractivity contribution < 1.29 is 0 Å². The lowest BCUT2D eigenvalue weighted by atomic mass is 10.2. The molecule has 4 heteroatoms. The fourth-order valence-corrected chi connectivity index (χ4v) is 1.61. The molecule has 0 fully saturated rings. The summed E-state index contributed by atoms with van der Waals surface area (Å²) in [6, 6.07) is 2.18. The monoisotopic (exact) mass is 206 g/mol. The Morgan fingerprint density at radius 2 is 2.13 bits per heavy atom. The minimum Gasteiger partial charge on any atom is -0.298 e. The van der Waals surface area contributed by atoms with Gasteiger partial charge < -0.3 is 0 Å². The normalized spacial score (nSPS) is 10.6. The van der Waals surface area contributed by atoms with E-state index in [0.717, 1.165) is 30.9 Å². The molecular formula is C11H18N4. The number of rotatable bonds is 5. The van der Waals surface area contributed by atoms with E-state index in [2.05, 4.69) is 29.9 Å². The van der Waals surface area contributed by atoms with Crippen LogP contribution in [0.5, 0.6) is 0 Å². The average molecular weight is 206 g/mol. The van der Waals surface area contributed by atoms with Gasteiger partial charge in [-0.15, -0.1) is 0 Å². The fourth-order valence-electron chi connectivity index (χ4n) is 1.61. The zero-order valence-corrected chi connectivity index (χ0v) is 9.69. The second-order valence-electron chi connectivity index (χ2n) is 3.57. The van der Waals surface area contributed by atoms with E-state index in [4.69, 9.17) is 5.26 Å². The molecule has 0 radical (unpaired) electrons. The van der Waals surface area contributed by atoms with Crippen molar-refractivity contribution in [3.05, 3.63) is 17.5 Å². The van der Waals surface area contributed by atoms with Gasteiger partial charge in [0, 0.05) is 25.4 Å². The maximum Gasteiger partial charge on any atom is 0.0807 e. The van der Waals surface area contributed by atoms with E-state index >= 15 is 0 Å². The second-order valence-corrected chi connectivity index (χ2v) is 3.57. The van der Waals surface area contributed by atoms with Crippen molar-refractivity contribution in [1.29, 1.82) is 5.26 Å². The Morgan fingerprint density at radius 3 is 2.67 bits per heavy atom. The minimum atomic E-state index is 0.449. The van der Waals surface area contributed by atoms with Crippen molar-refractivity contribution in [2.45, 2.75) is 26.8 Å². The van der Waals surface area contributed by atoms with Crippen molar-refractivity contribution in [3.63, 3.8) is 0 Å². The second kappa shape index (κ2) is 5.52. The molecule has 0 aromatic carbocycles. The molecule has 0 N–H and O–H groups in total. The smallest absolute Gasteiger partial charge is 0.0807 e. The lowest BCUT2D eigenvalue weighted by Gasteiger charge is -2.16. The van der Waals surface area contributed by atoms with Crippen molar-refractivity contribution in [2.75, 3.05) is 13.1 Å². The number of nitrogens with zero attached hydrogens (tertiary/aromatic N) is 4. The Kier molecular flexibility index (Phi) is 4.32. The number of hydrogen-bond donors (Lipinski definition) is 0. The maximum absolute atomic E-state index is 8.70. The van der Waals surface area contributed by atoms with E-state index in [9.17, 15) is 0 Å². The van der Waals surface area contributed by atoms with Crippen LogP contribution >= 0.6 is 0 Å². The largest absolute Gasteiger partial charge is 0.298 e. The van der Waals surface area contributed by atoms with Crippen LogP contribution in [0, 0.1) is 11.3 Å². The maximum atomic E-state index is 8.70. The van der Waals surface area contributed by atoms with Crippen LogP contribution < -0.4 is 0 Å². The molecule has 0 saturated heterocycles. The number of aryl methyl sites for hydroxylation is 1. The molecule has 1 aromatic rings. The molecule has 0 bridgehead atoms. The van der Waals surface area contributed by atoms with Gasteiger partial charge in [-0.25, -0.2) is 0 Å². The van der Waals surface area contributed by atoms with Crippen LogP contribution in [-0.4, -0.2) is 27.8 Å². The summed E-state index contributed by atoms with van der Waals surface area (Å²) >= 11 is 0. The first-order valence-corrected chi connectivity index (χ1v) is 5.31. The topological polar surface area (TPSA) is 44.9 Å². The molecule has 0 saturated carbocycles. The molecule has 82 valence electrons. The Bertz CT molecular complexity index is 344. The molecule has 0 amide bonds. The minimum absolute atomic E-state index is 0.449. The van der Waals surface area contributed by atoms with Crippen LogP contribution in [0.4, 0.5) is 0 Å². The number of nitriles is 1. The lowest BCUT2D eigenvalue weighted by Crippen LogP contribution is -2.23. The van der Waals surface area contributed by atoms with Gasteiger partial charge in [-0.05, 0) is 13.1 Å². The van der Waals surface area contributed by atoms with Gasteiger partial charge in [-0.1, -0.05) is 13.8 Å². The Morgan fingerprint density at radius 1 is 1.47 bits per heavy atom. The summed E-state index contributed by atoms with van der Waals surface area (Å²) in [5, 5.41) is 13.1. The summed E-state index contributed by atoms with van der Waals surface area (Å²) in [5.41, 5.74) is 2.08. The molecule has 0 spiro atoms. The molecule has 0 aliphatic heterocycles. The Balaban J connectivity index is 2.79. The Hall–Kier alpha value is -1.34. The standard InChI is InChI=1S/C11H18N4/c1-4-15(5-2)9-11-10(6-7-12)8-14(3)13-11/h8H,4-6,9H2,1-3H3. The van der Waals surface area contributed by atoms with Crippen molar-refractivity contribution in [2.24, 2.45) is 7.05 Å². The van der Waals surface area contributed by atoms with E-state index < -0.39 is 0 Å². The summed E-state index contributed by atoms with van der Waals surface area (Å²) < 4.78 is 1.78. The SMILES string of the molecule is CCN(CC)Cc1nn(C)cc1CC#N. The van der Waals surface area contributed by atoms with E-state index in [1.807, 2.05) is 13.2 Å². The molecule has 0 aliphatic rings. The van der Waals surface area contributed by atoms with Gasteiger partial charge in [0.15, 0.2) is 0 Å². The van der Waals surface area contributed by atoms with Crippen LogP contribution in [-0.2, 0) is 20.0 Å². The highest BCUT2D eigenvalue weighted by molar-refractivity contribution is 5.20. The predicted octanol–water partition coefficient (Wildman–Crippen LogP) is 1.33. The molecule has 1 rings (SSSR count). The molecule has 15 heavy (non-hydrogen) atoms. The zero-order valence-electron chi connectivity index (χ0n) is 9.69. The highest BCUT2D eigenvalue weighted by Crippen LogP contribution is 2.09. The first-order chi connectivity index (χ1) is 7.21. The van der Waals surface area contributed by atoms with Gasteiger partial charge in [-0.3, -0.25) is 9.58 Å². The highest BCUT2D eigenvalue weighted by Gasteiger charge is 2.10. The van der Waals surface area contributed by atoms with E-state index in [-0.39, 0.29) is 0 Å². The highest BCUT2D eigenvalue weighted by atomic mass is 15.3. The summed E-state index contributed by atoms with van der Waals surface area (Å²) in [5.74, 6) is 0. The molecular weight excluding hydrogens is 188 g/mol. The van der Waals surface area contributed by atoms with Crippen LogP contribution in [0.15, 0.2) is 6.20 Å². The third-order valence-electron chi connectivity index (χ3n) is 2.53. The number of hydrogen-bond acceptors (Lipinski definition) is 3. The van der Waals surface area contributed by atoms with E-state index in [0.29, 0.717) is 6.42 Å². The third-order valence-corrected chi connectivity index (χ3v) is 2.53. The van der Waals surface area contributed by atoms with Crippen LogP contribution in [0.3, 0.4) is 0 Å². The van der Waals surface area contributed by atoms with Gasteiger partial charge in [-0.2, -0.15) is 10.4 Å². The summed E-state index contributed by atoms with van der Waals surface area (Å²) in [6.45, 7) is 7.13.